The van der Waals surface area contributed by atoms with E-state index in [0.29, 0.717) is 19.6 Å². The fourth-order valence-electron chi connectivity index (χ4n) is 1.41. The predicted molar refractivity (Wildman–Crippen MR) is 72.5 cm³/mol. The molecule has 5 nitrogen and oxygen atoms in total. The van der Waals surface area contributed by atoms with Crippen LogP contribution in [0.1, 0.15) is 18.4 Å². The summed E-state index contributed by atoms with van der Waals surface area (Å²) in [5.74, 6) is 0. The highest BCUT2D eigenvalue weighted by Crippen LogP contribution is 2.19. The van der Waals surface area contributed by atoms with Crippen LogP contribution < -0.4 is 4.72 Å². The Hall–Kier alpha value is -1.13. The van der Waals surface area contributed by atoms with Crippen molar-refractivity contribution in [3.63, 3.8) is 0 Å². The summed E-state index contributed by atoms with van der Waals surface area (Å²) in [5, 5.41) is 8.85. The molecule has 1 N–H and O–H groups in total. The lowest BCUT2D eigenvalue weighted by Crippen LogP contribution is -2.25. The molecule has 1 rings (SSSR count). The van der Waals surface area contributed by atoms with Gasteiger partial charge in [-0.3, -0.25) is 0 Å². The third kappa shape index (κ3) is 4.80. The molecule has 1 aromatic rings. The summed E-state index contributed by atoms with van der Waals surface area (Å²) in [4.78, 5) is 0.0586. The van der Waals surface area contributed by atoms with Gasteiger partial charge in [0.1, 0.15) is 6.07 Å². The molecule has 0 unspecified atom stereocenters. The number of sulfonamides is 1. The van der Waals surface area contributed by atoms with Crippen molar-refractivity contribution in [2.75, 3.05) is 20.3 Å². The van der Waals surface area contributed by atoms with E-state index >= 15 is 0 Å². The van der Waals surface area contributed by atoms with Gasteiger partial charge in [0, 0.05) is 20.3 Å². The topological polar surface area (TPSA) is 79.2 Å². The van der Waals surface area contributed by atoms with Gasteiger partial charge < -0.3 is 4.74 Å². The highest BCUT2D eigenvalue weighted by Gasteiger charge is 2.14. The van der Waals surface area contributed by atoms with Gasteiger partial charge in [-0.05, 0) is 31.0 Å². The van der Waals surface area contributed by atoms with E-state index < -0.39 is 10.0 Å². The normalized spacial score (nSPS) is 11.2. The second kappa shape index (κ2) is 7.46. The van der Waals surface area contributed by atoms with E-state index in [4.69, 9.17) is 21.6 Å². The molecule has 0 bridgehead atoms. The lowest BCUT2D eigenvalue weighted by molar-refractivity contribution is 0.193. The zero-order chi connectivity index (χ0) is 14.3. The minimum absolute atomic E-state index is 0.0586. The van der Waals surface area contributed by atoms with E-state index in [1.807, 2.05) is 6.07 Å². The van der Waals surface area contributed by atoms with Gasteiger partial charge in [-0.25, -0.2) is 13.1 Å². The molecule has 0 amide bonds. The molecular formula is C12H15ClN2O3S. The van der Waals surface area contributed by atoms with Crippen molar-refractivity contribution in [2.45, 2.75) is 17.7 Å². The monoisotopic (exact) mass is 302 g/mol. The number of benzene rings is 1. The average molecular weight is 303 g/mol. The fourth-order valence-corrected chi connectivity index (χ4v) is 2.80. The van der Waals surface area contributed by atoms with Crippen LogP contribution in [0.5, 0.6) is 0 Å². The Bertz CT molecular complexity index is 567. The van der Waals surface area contributed by atoms with Gasteiger partial charge in [0.15, 0.2) is 0 Å². The summed E-state index contributed by atoms with van der Waals surface area (Å²) < 4.78 is 31.2. The lowest BCUT2D eigenvalue weighted by Gasteiger charge is -2.07. The molecular weight excluding hydrogens is 288 g/mol. The summed E-state index contributed by atoms with van der Waals surface area (Å²) in [6.07, 6.45) is 1.48. The molecule has 104 valence electrons. The number of rotatable bonds is 7. The number of hydrogen-bond donors (Lipinski definition) is 1. The van der Waals surface area contributed by atoms with Crippen LogP contribution in [-0.4, -0.2) is 28.7 Å². The number of nitrogens with one attached hydrogen (secondary N) is 1. The summed E-state index contributed by atoms with van der Waals surface area (Å²) in [6.45, 7) is 0.938. The van der Waals surface area contributed by atoms with E-state index in [9.17, 15) is 8.42 Å². The fraction of sp³-hybridized carbons (Fsp3) is 0.417. The number of methoxy groups -OCH3 is 1. The van der Waals surface area contributed by atoms with Gasteiger partial charge in [0.25, 0.3) is 0 Å². The van der Waals surface area contributed by atoms with Gasteiger partial charge >= 0.3 is 0 Å². The molecule has 0 aliphatic rings. The Kier molecular flexibility index (Phi) is 6.25. The van der Waals surface area contributed by atoms with Gasteiger partial charge in [0.05, 0.1) is 15.5 Å². The molecule has 0 saturated heterocycles. The van der Waals surface area contributed by atoms with E-state index in [1.54, 1.807) is 7.11 Å². The van der Waals surface area contributed by atoms with Crippen molar-refractivity contribution in [2.24, 2.45) is 0 Å². The Labute approximate surface area is 118 Å². The van der Waals surface area contributed by atoms with Crippen molar-refractivity contribution in [3.8, 4) is 6.07 Å². The molecule has 0 radical (unpaired) electrons. The lowest BCUT2D eigenvalue weighted by atomic mass is 10.2. The van der Waals surface area contributed by atoms with E-state index in [0.717, 1.165) is 6.42 Å². The molecule has 0 heterocycles. The highest BCUT2D eigenvalue weighted by atomic mass is 35.5. The maximum atomic E-state index is 11.9. The van der Waals surface area contributed by atoms with Crippen molar-refractivity contribution in [1.29, 1.82) is 5.26 Å². The predicted octanol–water partition coefficient (Wildman–Crippen LogP) is 1.92. The number of hydrogen-bond acceptors (Lipinski definition) is 4. The molecule has 0 aromatic heterocycles. The van der Waals surface area contributed by atoms with Gasteiger partial charge in [-0.15, -0.1) is 0 Å². The summed E-state index contributed by atoms with van der Waals surface area (Å²) in [5.41, 5.74) is 0.251. The minimum Gasteiger partial charge on any atom is -0.385 e. The van der Waals surface area contributed by atoms with Crippen molar-refractivity contribution >= 4 is 21.6 Å². The first kappa shape index (κ1) is 15.9. The highest BCUT2D eigenvalue weighted by molar-refractivity contribution is 7.89. The van der Waals surface area contributed by atoms with Crippen LogP contribution in [0, 0.1) is 11.3 Å². The molecule has 1 aromatic carbocycles. The Morgan fingerprint density at radius 3 is 2.74 bits per heavy atom. The summed E-state index contributed by atoms with van der Waals surface area (Å²) in [6, 6.07) is 5.91. The molecule has 0 saturated carbocycles. The van der Waals surface area contributed by atoms with Crippen LogP contribution in [0.25, 0.3) is 0 Å². The van der Waals surface area contributed by atoms with Crippen LogP contribution in [0.2, 0.25) is 5.02 Å². The first-order valence-electron chi connectivity index (χ1n) is 5.69. The molecule has 19 heavy (non-hydrogen) atoms. The quantitative estimate of drug-likeness (QED) is 0.780. The Balaban J connectivity index is 2.68. The number of nitriles is 1. The maximum absolute atomic E-state index is 11.9. The Morgan fingerprint density at radius 2 is 2.16 bits per heavy atom. The minimum atomic E-state index is -3.58. The number of ether oxygens (including phenoxy) is 1. The number of halogens is 1. The standard InChI is InChI=1S/C12H15ClN2O3S/c1-18-7-3-2-6-15-19(16,17)11-5-4-10(9-14)12(13)8-11/h4-5,8,15H,2-3,6-7H2,1H3. The van der Waals surface area contributed by atoms with Gasteiger partial charge in [-0.1, -0.05) is 11.6 Å². The maximum Gasteiger partial charge on any atom is 0.240 e. The van der Waals surface area contributed by atoms with E-state index in [2.05, 4.69) is 4.72 Å². The number of unbranched alkanes of at least 4 members (excludes halogenated alkanes) is 1. The van der Waals surface area contributed by atoms with Crippen molar-refractivity contribution in [1.82, 2.24) is 4.72 Å². The van der Waals surface area contributed by atoms with Crippen LogP contribution in [0.15, 0.2) is 23.1 Å². The smallest absolute Gasteiger partial charge is 0.240 e. The summed E-state index contributed by atoms with van der Waals surface area (Å²) in [7, 11) is -1.98. The average Bonchev–Trinajstić information content (AvgIpc) is 2.38. The molecule has 7 heteroatoms. The van der Waals surface area contributed by atoms with E-state index in [1.165, 1.54) is 18.2 Å². The molecule has 0 aliphatic heterocycles. The number of nitrogens with zero attached hydrogens (tertiary/aromatic N) is 1. The zero-order valence-electron chi connectivity index (χ0n) is 10.5. The summed E-state index contributed by atoms with van der Waals surface area (Å²) >= 11 is 5.81. The van der Waals surface area contributed by atoms with Crippen LogP contribution in [-0.2, 0) is 14.8 Å². The first-order valence-corrected chi connectivity index (χ1v) is 7.55. The molecule has 0 aliphatic carbocycles. The second-order valence-corrected chi connectivity index (χ2v) is 6.03. The van der Waals surface area contributed by atoms with Gasteiger partial charge in [-0.2, -0.15) is 5.26 Å². The SMILES string of the molecule is COCCCCNS(=O)(=O)c1ccc(C#N)c(Cl)c1. The Morgan fingerprint density at radius 1 is 1.42 bits per heavy atom. The van der Waals surface area contributed by atoms with Crippen LogP contribution in [0.4, 0.5) is 0 Å². The second-order valence-electron chi connectivity index (χ2n) is 3.85. The third-order valence-electron chi connectivity index (χ3n) is 2.44. The first-order chi connectivity index (χ1) is 9.01. The van der Waals surface area contributed by atoms with E-state index in [-0.39, 0.29) is 15.5 Å². The molecule has 0 spiro atoms. The molecule has 0 atom stereocenters. The molecule has 0 fully saturated rings. The third-order valence-corrected chi connectivity index (χ3v) is 4.21. The van der Waals surface area contributed by atoms with Crippen LogP contribution >= 0.6 is 11.6 Å². The largest absolute Gasteiger partial charge is 0.385 e. The van der Waals surface area contributed by atoms with Crippen LogP contribution in [0.3, 0.4) is 0 Å². The zero-order valence-corrected chi connectivity index (χ0v) is 12.1. The van der Waals surface area contributed by atoms with Crippen molar-refractivity contribution in [3.05, 3.63) is 28.8 Å². The van der Waals surface area contributed by atoms with Crippen molar-refractivity contribution < 1.29 is 13.2 Å². The van der Waals surface area contributed by atoms with Gasteiger partial charge in [0.2, 0.25) is 10.0 Å².